The average Bonchev–Trinajstić information content (AvgIpc) is 3.07. The number of hydrogen-bond acceptors (Lipinski definition) is 3. The van der Waals surface area contributed by atoms with Gasteiger partial charge in [-0.1, -0.05) is 42.0 Å². The summed E-state index contributed by atoms with van der Waals surface area (Å²) < 4.78 is 0. The lowest BCUT2D eigenvalue weighted by Gasteiger charge is -2.39. The largest absolute Gasteiger partial charge is 0.377 e. The molecule has 0 spiro atoms. The minimum absolute atomic E-state index is 0.0315. The van der Waals surface area contributed by atoms with Gasteiger partial charge in [-0.15, -0.1) is 0 Å². The predicted molar refractivity (Wildman–Crippen MR) is 100 cm³/mol. The van der Waals surface area contributed by atoms with E-state index in [0.29, 0.717) is 11.8 Å². The van der Waals surface area contributed by atoms with E-state index < -0.39 is 4.92 Å². The summed E-state index contributed by atoms with van der Waals surface area (Å²) in [6.07, 6.45) is 5.48. The highest BCUT2D eigenvalue weighted by Gasteiger charge is 2.39. The third-order valence-electron chi connectivity index (χ3n) is 5.47. The Hall–Kier alpha value is -2.33. The number of anilines is 1. The zero-order valence-electron chi connectivity index (χ0n) is 14.1. The lowest BCUT2D eigenvalue weighted by molar-refractivity contribution is -0.384. The van der Waals surface area contributed by atoms with Crippen LogP contribution in [0.1, 0.15) is 40.6 Å². The molecule has 2 aliphatic rings. The minimum Gasteiger partial charge on any atom is -0.377 e. The van der Waals surface area contributed by atoms with Crippen LogP contribution in [0.15, 0.2) is 42.5 Å². The molecule has 1 aliphatic heterocycles. The fourth-order valence-corrected chi connectivity index (χ4v) is 4.42. The highest BCUT2D eigenvalue weighted by molar-refractivity contribution is 6.32. The maximum atomic E-state index is 11.3. The van der Waals surface area contributed by atoms with Gasteiger partial charge in [0.05, 0.1) is 11.0 Å². The molecular formula is C20H19ClN2O2. The molecule has 0 amide bonds. The number of halogens is 1. The Morgan fingerprint density at radius 1 is 1.20 bits per heavy atom. The van der Waals surface area contributed by atoms with Gasteiger partial charge >= 0.3 is 0 Å². The molecule has 2 aromatic carbocycles. The molecule has 25 heavy (non-hydrogen) atoms. The monoisotopic (exact) mass is 354 g/mol. The highest BCUT2D eigenvalue weighted by atomic mass is 35.5. The van der Waals surface area contributed by atoms with E-state index in [4.69, 9.17) is 11.6 Å². The van der Waals surface area contributed by atoms with Gasteiger partial charge in [-0.2, -0.15) is 0 Å². The normalized spacial score (nSPS) is 23.7. The highest BCUT2D eigenvalue weighted by Crippen LogP contribution is 2.52. The molecule has 0 fully saturated rings. The van der Waals surface area contributed by atoms with E-state index in [0.717, 1.165) is 17.7 Å². The van der Waals surface area contributed by atoms with Gasteiger partial charge in [0, 0.05) is 17.7 Å². The average molecular weight is 355 g/mol. The number of nitro groups is 1. The number of rotatable bonds is 2. The van der Waals surface area contributed by atoms with E-state index in [1.165, 1.54) is 16.7 Å². The van der Waals surface area contributed by atoms with Crippen LogP contribution in [-0.4, -0.2) is 4.92 Å². The van der Waals surface area contributed by atoms with Crippen LogP contribution in [0, 0.1) is 29.9 Å². The van der Waals surface area contributed by atoms with Gasteiger partial charge in [-0.3, -0.25) is 10.1 Å². The van der Waals surface area contributed by atoms with E-state index in [1.54, 1.807) is 12.1 Å². The van der Waals surface area contributed by atoms with Crippen molar-refractivity contribution in [2.75, 3.05) is 5.32 Å². The number of nitro benzene ring substituents is 1. The second kappa shape index (κ2) is 5.88. The summed E-state index contributed by atoms with van der Waals surface area (Å²) >= 11 is 5.99. The Labute approximate surface area is 151 Å². The molecule has 0 saturated heterocycles. The van der Waals surface area contributed by atoms with Crippen LogP contribution < -0.4 is 5.32 Å². The third-order valence-corrected chi connectivity index (χ3v) is 5.79. The van der Waals surface area contributed by atoms with Crippen molar-refractivity contribution >= 4 is 23.0 Å². The summed E-state index contributed by atoms with van der Waals surface area (Å²) in [6, 6.07) is 9.48. The summed E-state index contributed by atoms with van der Waals surface area (Å²) in [7, 11) is 0. The molecule has 1 N–H and O–H groups in total. The Morgan fingerprint density at radius 3 is 2.72 bits per heavy atom. The molecule has 0 radical (unpaired) electrons. The minimum atomic E-state index is -0.414. The van der Waals surface area contributed by atoms with Crippen molar-refractivity contribution in [2.45, 2.75) is 32.2 Å². The summed E-state index contributed by atoms with van der Waals surface area (Å²) in [4.78, 5) is 10.9. The smallest absolute Gasteiger partial charge is 0.288 e. The van der Waals surface area contributed by atoms with Gasteiger partial charge in [-0.05, 0) is 54.5 Å². The van der Waals surface area contributed by atoms with Crippen LogP contribution in [0.4, 0.5) is 11.4 Å². The van der Waals surface area contributed by atoms with Crippen molar-refractivity contribution in [2.24, 2.45) is 5.92 Å². The third kappa shape index (κ3) is 2.52. The molecule has 0 aromatic heterocycles. The molecule has 0 unspecified atom stereocenters. The van der Waals surface area contributed by atoms with E-state index in [9.17, 15) is 10.1 Å². The van der Waals surface area contributed by atoms with E-state index in [2.05, 4.69) is 43.4 Å². The molecule has 1 heterocycles. The molecule has 128 valence electrons. The topological polar surface area (TPSA) is 55.2 Å². The van der Waals surface area contributed by atoms with Crippen molar-refractivity contribution < 1.29 is 4.92 Å². The summed E-state index contributed by atoms with van der Waals surface area (Å²) in [5.41, 5.74) is 5.90. The first-order valence-corrected chi connectivity index (χ1v) is 8.82. The fourth-order valence-electron chi connectivity index (χ4n) is 4.24. The SMILES string of the molecule is Cc1ccc(C)c2c1N[C@H](c1ccc(Cl)c([N+](=O)[O-])c1)[C@@H]1CC=C[C@H]21. The number of nitrogens with one attached hydrogen (secondary N) is 1. The molecule has 4 nitrogen and oxygen atoms in total. The second-order valence-electron chi connectivity index (χ2n) is 6.93. The maximum absolute atomic E-state index is 11.3. The van der Waals surface area contributed by atoms with Crippen LogP contribution in [0.5, 0.6) is 0 Å². The van der Waals surface area contributed by atoms with Gasteiger partial charge in [0.2, 0.25) is 0 Å². The first-order valence-electron chi connectivity index (χ1n) is 8.44. The zero-order chi connectivity index (χ0) is 17.7. The summed E-state index contributed by atoms with van der Waals surface area (Å²) in [6.45, 7) is 4.25. The number of aryl methyl sites for hydroxylation is 2. The fraction of sp³-hybridized carbons (Fsp3) is 0.300. The van der Waals surface area contributed by atoms with Crippen molar-refractivity contribution in [3.8, 4) is 0 Å². The lowest BCUT2D eigenvalue weighted by Crippen LogP contribution is -2.30. The Balaban J connectivity index is 1.84. The number of fused-ring (bicyclic) bond motifs is 3. The van der Waals surface area contributed by atoms with Crippen LogP contribution in [0.25, 0.3) is 0 Å². The maximum Gasteiger partial charge on any atom is 0.288 e. The van der Waals surface area contributed by atoms with Crippen molar-refractivity contribution in [1.82, 2.24) is 0 Å². The zero-order valence-corrected chi connectivity index (χ0v) is 14.9. The van der Waals surface area contributed by atoms with Gasteiger partial charge in [-0.25, -0.2) is 0 Å². The van der Waals surface area contributed by atoms with E-state index in [1.807, 2.05) is 6.07 Å². The molecular weight excluding hydrogens is 336 g/mol. The van der Waals surface area contributed by atoms with Gasteiger partial charge < -0.3 is 5.32 Å². The number of nitrogens with zero attached hydrogens (tertiary/aromatic N) is 1. The quantitative estimate of drug-likeness (QED) is 0.428. The lowest BCUT2D eigenvalue weighted by atomic mass is 9.75. The van der Waals surface area contributed by atoms with Crippen LogP contribution in [-0.2, 0) is 0 Å². The van der Waals surface area contributed by atoms with Crippen LogP contribution >= 0.6 is 11.6 Å². The van der Waals surface area contributed by atoms with Gasteiger partial charge in [0.1, 0.15) is 5.02 Å². The predicted octanol–water partition coefficient (Wildman–Crippen LogP) is 5.69. The molecule has 3 atom stereocenters. The molecule has 2 aromatic rings. The van der Waals surface area contributed by atoms with Crippen LogP contribution in [0.3, 0.4) is 0 Å². The van der Waals surface area contributed by atoms with Crippen molar-refractivity contribution in [3.63, 3.8) is 0 Å². The number of benzene rings is 2. The standard InChI is InChI=1S/C20H19ClN2O2/c1-11-6-7-12(2)19-18(11)14-4-3-5-15(14)20(22-19)13-8-9-16(21)17(10-13)23(24)25/h3-4,6-10,14-15,20,22H,5H2,1-2H3/t14-,15+,20+/m0/s1. The summed E-state index contributed by atoms with van der Waals surface area (Å²) in [5, 5.41) is 15.1. The Bertz CT molecular complexity index is 907. The molecule has 5 heteroatoms. The summed E-state index contributed by atoms with van der Waals surface area (Å²) in [5.74, 6) is 0.699. The first-order chi connectivity index (χ1) is 12.0. The Kier molecular flexibility index (Phi) is 3.80. The number of allylic oxidation sites excluding steroid dienone is 2. The van der Waals surface area contributed by atoms with Crippen molar-refractivity contribution in [3.05, 3.63) is 79.9 Å². The van der Waals surface area contributed by atoms with Crippen LogP contribution in [0.2, 0.25) is 5.02 Å². The number of hydrogen-bond donors (Lipinski definition) is 1. The first kappa shape index (κ1) is 16.2. The van der Waals surface area contributed by atoms with Gasteiger partial charge in [0.25, 0.3) is 5.69 Å². The molecule has 0 bridgehead atoms. The molecule has 1 aliphatic carbocycles. The van der Waals surface area contributed by atoms with E-state index in [-0.39, 0.29) is 16.8 Å². The van der Waals surface area contributed by atoms with Gasteiger partial charge in [0.15, 0.2) is 0 Å². The second-order valence-corrected chi connectivity index (χ2v) is 7.34. The van der Waals surface area contributed by atoms with E-state index >= 15 is 0 Å². The molecule has 0 saturated carbocycles. The Morgan fingerprint density at radius 2 is 1.96 bits per heavy atom. The van der Waals surface area contributed by atoms with Crippen molar-refractivity contribution in [1.29, 1.82) is 0 Å². The molecule has 4 rings (SSSR count).